The van der Waals surface area contributed by atoms with Gasteiger partial charge < -0.3 is 10.6 Å². The Kier molecular flexibility index (Phi) is 3.47. The fourth-order valence-electron chi connectivity index (χ4n) is 1.51. The van der Waals surface area contributed by atoms with Crippen LogP contribution in [-0.2, 0) is 0 Å². The van der Waals surface area contributed by atoms with Crippen molar-refractivity contribution in [3.05, 3.63) is 0 Å². The third-order valence-corrected chi connectivity index (χ3v) is 2.50. The van der Waals surface area contributed by atoms with E-state index >= 15 is 0 Å². The highest BCUT2D eigenvalue weighted by Gasteiger charge is 2.28. The maximum atomic E-state index is 13.0. The van der Waals surface area contributed by atoms with Crippen molar-refractivity contribution in [1.82, 2.24) is 10.6 Å². The summed E-state index contributed by atoms with van der Waals surface area (Å²) in [7, 11) is 0. The lowest BCUT2D eigenvalue weighted by Crippen LogP contribution is -2.29. The number of hydrogen-bond donors (Lipinski definition) is 2. The van der Waals surface area contributed by atoms with Gasteiger partial charge in [-0.15, -0.1) is 0 Å². The number of nitrogens with one attached hydrogen (secondary N) is 2. The van der Waals surface area contributed by atoms with E-state index in [1.807, 2.05) is 0 Å². The summed E-state index contributed by atoms with van der Waals surface area (Å²) in [5.74, 6) is 0.218. The van der Waals surface area contributed by atoms with E-state index in [1.165, 1.54) is 12.8 Å². The van der Waals surface area contributed by atoms with E-state index in [4.69, 9.17) is 0 Å². The standard InChI is InChI=1S/C8H15FN2.CH4/c9-8-5-10-3-6(8)4-11-7-1-2-7;/h6-8,10-11H,1-5H2;1H4/t6-,8-;/m0./s1. The molecule has 0 bridgehead atoms. The Bertz CT molecular complexity index is 136. The first kappa shape index (κ1) is 9.93. The van der Waals surface area contributed by atoms with Gasteiger partial charge >= 0.3 is 0 Å². The Morgan fingerprint density at radius 1 is 1.33 bits per heavy atom. The lowest BCUT2D eigenvalue weighted by Gasteiger charge is -2.11. The summed E-state index contributed by atoms with van der Waals surface area (Å²) in [5.41, 5.74) is 0. The van der Waals surface area contributed by atoms with E-state index in [0.717, 1.165) is 13.1 Å². The fourth-order valence-corrected chi connectivity index (χ4v) is 1.51. The predicted molar refractivity (Wildman–Crippen MR) is 49.0 cm³/mol. The molecule has 1 saturated carbocycles. The second-order valence-corrected chi connectivity index (χ2v) is 3.62. The van der Waals surface area contributed by atoms with Crippen molar-refractivity contribution in [2.24, 2.45) is 5.92 Å². The Morgan fingerprint density at radius 3 is 2.58 bits per heavy atom. The van der Waals surface area contributed by atoms with Crippen LogP contribution in [0.5, 0.6) is 0 Å². The first-order chi connectivity index (χ1) is 5.36. The molecule has 0 spiro atoms. The monoisotopic (exact) mass is 174 g/mol. The van der Waals surface area contributed by atoms with Gasteiger partial charge in [-0.05, 0) is 12.8 Å². The van der Waals surface area contributed by atoms with E-state index in [1.54, 1.807) is 0 Å². The maximum absolute atomic E-state index is 13.0. The normalized spacial score (nSPS) is 34.8. The molecule has 1 aliphatic carbocycles. The summed E-state index contributed by atoms with van der Waals surface area (Å²) >= 11 is 0. The second kappa shape index (κ2) is 4.19. The lowest BCUT2D eigenvalue weighted by molar-refractivity contribution is 0.276. The van der Waals surface area contributed by atoms with Crippen LogP contribution < -0.4 is 10.6 Å². The highest BCUT2D eigenvalue weighted by molar-refractivity contribution is 4.87. The first-order valence-corrected chi connectivity index (χ1v) is 4.44. The van der Waals surface area contributed by atoms with Crippen molar-refractivity contribution in [3.63, 3.8) is 0 Å². The minimum Gasteiger partial charge on any atom is -0.314 e. The van der Waals surface area contributed by atoms with Gasteiger partial charge in [-0.25, -0.2) is 4.39 Å². The van der Waals surface area contributed by atoms with Gasteiger partial charge in [-0.3, -0.25) is 0 Å². The van der Waals surface area contributed by atoms with Crippen molar-refractivity contribution in [3.8, 4) is 0 Å². The molecular weight excluding hydrogens is 155 g/mol. The lowest BCUT2D eigenvalue weighted by atomic mass is 10.1. The van der Waals surface area contributed by atoms with Crippen LogP contribution in [0.4, 0.5) is 4.39 Å². The molecule has 12 heavy (non-hydrogen) atoms. The van der Waals surface area contributed by atoms with Gasteiger partial charge in [0, 0.05) is 31.6 Å². The molecule has 2 aliphatic rings. The van der Waals surface area contributed by atoms with E-state index in [0.29, 0.717) is 12.6 Å². The molecule has 0 aromatic carbocycles. The third-order valence-electron chi connectivity index (χ3n) is 2.50. The van der Waals surface area contributed by atoms with E-state index < -0.39 is 6.17 Å². The Labute approximate surface area is 73.9 Å². The third kappa shape index (κ3) is 2.42. The van der Waals surface area contributed by atoms with Crippen molar-refractivity contribution in [2.45, 2.75) is 32.5 Å². The number of hydrogen-bond acceptors (Lipinski definition) is 2. The van der Waals surface area contributed by atoms with Crippen molar-refractivity contribution < 1.29 is 4.39 Å². The van der Waals surface area contributed by atoms with Crippen molar-refractivity contribution in [1.29, 1.82) is 0 Å². The molecule has 0 radical (unpaired) electrons. The first-order valence-electron chi connectivity index (χ1n) is 4.44. The topological polar surface area (TPSA) is 24.1 Å². The van der Waals surface area contributed by atoms with Gasteiger partial charge in [0.25, 0.3) is 0 Å². The molecule has 2 fully saturated rings. The zero-order valence-corrected chi connectivity index (χ0v) is 6.65. The molecule has 0 aromatic rings. The van der Waals surface area contributed by atoms with E-state index in [-0.39, 0.29) is 13.3 Å². The molecule has 2 nitrogen and oxygen atoms in total. The Morgan fingerprint density at radius 2 is 2.08 bits per heavy atom. The Balaban J connectivity index is 0.000000720. The molecule has 1 aliphatic heterocycles. The highest BCUT2D eigenvalue weighted by atomic mass is 19.1. The van der Waals surface area contributed by atoms with Crippen LogP contribution in [0.1, 0.15) is 20.3 Å². The predicted octanol–water partition coefficient (Wildman–Crippen LogP) is 0.932. The van der Waals surface area contributed by atoms with Gasteiger partial charge in [0.1, 0.15) is 6.17 Å². The van der Waals surface area contributed by atoms with Crippen LogP contribution in [0.2, 0.25) is 0 Å². The number of rotatable bonds is 3. The molecule has 1 heterocycles. The molecule has 3 heteroatoms. The van der Waals surface area contributed by atoms with Crippen LogP contribution in [0.15, 0.2) is 0 Å². The zero-order valence-electron chi connectivity index (χ0n) is 6.65. The molecule has 2 atom stereocenters. The van der Waals surface area contributed by atoms with Crippen LogP contribution >= 0.6 is 0 Å². The van der Waals surface area contributed by atoms with E-state index in [9.17, 15) is 4.39 Å². The summed E-state index contributed by atoms with van der Waals surface area (Å²) < 4.78 is 13.0. The molecule has 0 aromatic heterocycles. The minimum atomic E-state index is -0.624. The highest BCUT2D eigenvalue weighted by Crippen LogP contribution is 2.20. The van der Waals surface area contributed by atoms with Crippen molar-refractivity contribution >= 4 is 0 Å². The summed E-state index contributed by atoms with van der Waals surface area (Å²) in [5, 5.41) is 6.40. The maximum Gasteiger partial charge on any atom is 0.118 e. The SMILES string of the molecule is C.F[C@H]1CNC[C@H]1CNC1CC1. The van der Waals surface area contributed by atoms with Gasteiger partial charge in [-0.1, -0.05) is 7.43 Å². The van der Waals surface area contributed by atoms with Crippen LogP contribution in [-0.4, -0.2) is 31.8 Å². The van der Waals surface area contributed by atoms with Gasteiger partial charge in [0.2, 0.25) is 0 Å². The molecule has 1 saturated heterocycles. The molecule has 0 unspecified atom stereocenters. The van der Waals surface area contributed by atoms with Crippen LogP contribution in [0, 0.1) is 5.92 Å². The molecule has 72 valence electrons. The molecule has 0 amide bonds. The summed E-state index contributed by atoms with van der Waals surface area (Å²) in [6.45, 7) is 2.26. The second-order valence-electron chi connectivity index (χ2n) is 3.62. The largest absolute Gasteiger partial charge is 0.314 e. The average molecular weight is 174 g/mol. The van der Waals surface area contributed by atoms with Gasteiger partial charge in [0.15, 0.2) is 0 Å². The molecule has 2 rings (SSSR count). The smallest absolute Gasteiger partial charge is 0.118 e. The van der Waals surface area contributed by atoms with Crippen LogP contribution in [0.3, 0.4) is 0 Å². The van der Waals surface area contributed by atoms with Gasteiger partial charge in [-0.2, -0.15) is 0 Å². The Hall–Kier alpha value is -0.150. The fraction of sp³-hybridized carbons (Fsp3) is 1.00. The molecular formula is C9H19FN2. The quantitative estimate of drug-likeness (QED) is 0.665. The van der Waals surface area contributed by atoms with Crippen molar-refractivity contribution in [2.75, 3.05) is 19.6 Å². The zero-order chi connectivity index (χ0) is 7.68. The summed E-state index contributed by atoms with van der Waals surface area (Å²) in [6.07, 6.45) is 1.95. The van der Waals surface area contributed by atoms with E-state index in [2.05, 4.69) is 10.6 Å². The summed E-state index contributed by atoms with van der Waals surface area (Å²) in [6, 6.07) is 0.711. The molecule has 2 N–H and O–H groups in total. The van der Waals surface area contributed by atoms with Gasteiger partial charge in [0.05, 0.1) is 0 Å². The number of halogens is 1. The minimum absolute atomic E-state index is 0. The van der Waals surface area contributed by atoms with Crippen LogP contribution in [0.25, 0.3) is 0 Å². The average Bonchev–Trinajstić information content (AvgIpc) is 2.73. The summed E-state index contributed by atoms with van der Waals surface area (Å²) in [4.78, 5) is 0. The number of alkyl halides is 1.